The molecule has 0 bridgehead atoms. The summed E-state index contributed by atoms with van der Waals surface area (Å²) in [6, 6.07) is 19.8. The van der Waals surface area contributed by atoms with Gasteiger partial charge in [0.25, 0.3) is 15.9 Å². The Morgan fingerprint density at radius 1 is 1.00 bits per heavy atom. The lowest BCUT2D eigenvalue weighted by atomic mass is 10.2. The SMILES string of the molecule is COc1ccc(S(=O)(=O)N(CC(=O)N/N=C\c2ccccc2Br)c2ccccc2OC)cc1. The van der Waals surface area contributed by atoms with E-state index < -0.39 is 22.5 Å². The van der Waals surface area contributed by atoms with Crippen molar-refractivity contribution in [3.63, 3.8) is 0 Å². The number of amides is 1. The highest BCUT2D eigenvalue weighted by atomic mass is 79.9. The van der Waals surface area contributed by atoms with Crippen molar-refractivity contribution < 1.29 is 22.7 Å². The third-order valence-corrected chi connectivity index (χ3v) is 7.08. The minimum Gasteiger partial charge on any atom is -0.497 e. The Morgan fingerprint density at radius 2 is 1.67 bits per heavy atom. The Morgan fingerprint density at radius 3 is 2.33 bits per heavy atom. The Labute approximate surface area is 201 Å². The van der Waals surface area contributed by atoms with Gasteiger partial charge >= 0.3 is 0 Å². The summed E-state index contributed by atoms with van der Waals surface area (Å²) in [7, 11) is -1.19. The van der Waals surface area contributed by atoms with Gasteiger partial charge in [0.2, 0.25) is 0 Å². The highest BCUT2D eigenvalue weighted by Crippen LogP contribution is 2.32. The zero-order chi connectivity index (χ0) is 23.8. The molecular weight excluding hydrogens is 510 g/mol. The van der Waals surface area contributed by atoms with Gasteiger partial charge in [0.05, 0.1) is 31.0 Å². The van der Waals surface area contributed by atoms with Crippen LogP contribution >= 0.6 is 15.9 Å². The highest BCUT2D eigenvalue weighted by molar-refractivity contribution is 9.10. The number of para-hydroxylation sites is 2. The molecule has 33 heavy (non-hydrogen) atoms. The second-order valence-corrected chi connectivity index (χ2v) is 9.39. The van der Waals surface area contributed by atoms with Crippen LogP contribution in [0.25, 0.3) is 0 Å². The lowest BCUT2D eigenvalue weighted by molar-refractivity contribution is -0.119. The number of nitrogens with one attached hydrogen (secondary N) is 1. The standard InChI is InChI=1S/C23H22BrN3O5S/c1-31-18-11-13-19(14-12-18)33(29,30)27(21-9-5-6-10-22(21)32-2)16-23(28)26-25-15-17-7-3-4-8-20(17)24/h3-15H,16H2,1-2H3,(H,26,28)/b25-15-. The van der Waals surface area contributed by atoms with Crippen molar-refractivity contribution in [1.29, 1.82) is 0 Å². The molecule has 3 aromatic rings. The van der Waals surface area contributed by atoms with Gasteiger partial charge in [-0.25, -0.2) is 13.8 Å². The van der Waals surface area contributed by atoms with Crippen molar-refractivity contribution in [2.45, 2.75) is 4.90 Å². The summed E-state index contributed by atoms with van der Waals surface area (Å²) in [5.41, 5.74) is 3.36. The summed E-state index contributed by atoms with van der Waals surface area (Å²) >= 11 is 3.40. The van der Waals surface area contributed by atoms with Crippen molar-refractivity contribution in [1.82, 2.24) is 5.43 Å². The summed E-state index contributed by atoms with van der Waals surface area (Å²) in [5.74, 6) is 0.192. The van der Waals surface area contributed by atoms with Crippen LogP contribution in [0, 0.1) is 0 Å². The van der Waals surface area contributed by atoms with Crippen LogP contribution in [0.2, 0.25) is 0 Å². The largest absolute Gasteiger partial charge is 0.497 e. The van der Waals surface area contributed by atoms with Crippen LogP contribution in [0.3, 0.4) is 0 Å². The lowest BCUT2D eigenvalue weighted by Crippen LogP contribution is -2.39. The molecule has 0 saturated heterocycles. The van der Waals surface area contributed by atoms with Crippen LogP contribution < -0.4 is 19.2 Å². The summed E-state index contributed by atoms with van der Waals surface area (Å²) in [6.45, 7) is -0.512. The molecule has 10 heteroatoms. The lowest BCUT2D eigenvalue weighted by Gasteiger charge is -2.25. The number of carbonyl (C=O) groups is 1. The van der Waals surface area contributed by atoms with Gasteiger partial charge in [-0.05, 0) is 42.5 Å². The van der Waals surface area contributed by atoms with Gasteiger partial charge < -0.3 is 9.47 Å². The molecule has 0 atom stereocenters. The topological polar surface area (TPSA) is 97.3 Å². The number of hydrogen-bond donors (Lipinski definition) is 1. The van der Waals surface area contributed by atoms with E-state index in [1.165, 1.54) is 44.7 Å². The van der Waals surface area contributed by atoms with Crippen molar-refractivity contribution in [2.75, 3.05) is 25.1 Å². The van der Waals surface area contributed by atoms with Crippen molar-refractivity contribution in [3.8, 4) is 11.5 Å². The molecule has 172 valence electrons. The van der Waals surface area contributed by atoms with Crippen molar-refractivity contribution >= 4 is 43.8 Å². The van der Waals surface area contributed by atoms with Gasteiger partial charge in [-0.1, -0.05) is 46.3 Å². The first-order valence-corrected chi connectivity index (χ1v) is 12.0. The molecule has 0 radical (unpaired) electrons. The number of halogens is 1. The summed E-state index contributed by atoms with van der Waals surface area (Å²) in [4.78, 5) is 12.7. The maximum atomic E-state index is 13.5. The molecule has 0 saturated carbocycles. The molecule has 3 rings (SSSR count). The fourth-order valence-corrected chi connectivity index (χ4v) is 4.75. The van der Waals surface area contributed by atoms with E-state index >= 15 is 0 Å². The van der Waals surface area contributed by atoms with Gasteiger partial charge in [-0.2, -0.15) is 5.10 Å². The van der Waals surface area contributed by atoms with E-state index in [9.17, 15) is 13.2 Å². The van der Waals surface area contributed by atoms with E-state index in [-0.39, 0.29) is 10.6 Å². The number of hydrazone groups is 1. The molecular formula is C23H22BrN3O5S. The third-order valence-electron chi connectivity index (χ3n) is 4.59. The summed E-state index contributed by atoms with van der Waals surface area (Å²) < 4.78 is 39.2. The molecule has 0 aliphatic heterocycles. The number of carbonyl (C=O) groups excluding carboxylic acids is 1. The first kappa shape index (κ1) is 24.3. The monoisotopic (exact) mass is 531 g/mol. The van der Waals surface area contributed by atoms with Gasteiger partial charge in [-0.15, -0.1) is 0 Å². The molecule has 1 N–H and O–H groups in total. The number of nitrogens with zero attached hydrogens (tertiary/aromatic N) is 2. The van der Waals surface area contributed by atoms with Crippen molar-refractivity contribution in [2.24, 2.45) is 5.10 Å². The zero-order valence-electron chi connectivity index (χ0n) is 17.9. The molecule has 8 nitrogen and oxygen atoms in total. The number of anilines is 1. The number of methoxy groups -OCH3 is 2. The molecule has 0 spiro atoms. The minimum absolute atomic E-state index is 0.00118. The van der Waals surface area contributed by atoms with E-state index in [2.05, 4.69) is 26.5 Å². The number of ether oxygens (including phenoxy) is 2. The maximum Gasteiger partial charge on any atom is 0.264 e. The second-order valence-electron chi connectivity index (χ2n) is 6.67. The Kier molecular flexibility index (Phi) is 8.07. The highest BCUT2D eigenvalue weighted by Gasteiger charge is 2.29. The fraction of sp³-hybridized carbons (Fsp3) is 0.130. The van der Waals surface area contributed by atoms with Gasteiger partial charge in [-0.3, -0.25) is 9.10 Å². The quantitative estimate of drug-likeness (QED) is 0.334. The van der Waals surface area contributed by atoms with E-state index in [4.69, 9.17) is 9.47 Å². The van der Waals surface area contributed by atoms with Gasteiger partial charge in [0.1, 0.15) is 18.0 Å². The van der Waals surface area contributed by atoms with Crippen LogP contribution in [0.15, 0.2) is 87.3 Å². The fourth-order valence-electron chi connectivity index (χ4n) is 2.93. The van der Waals surface area contributed by atoms with E-state index in [0.717, 1.165) is 14.3 Å². The molecule has 1 amide bonds. The average Bonchev–Trinajstić information content (AvgIpc) is 2.83. The number of rotatable bonds is 9. The summed E-state index contributed by atoms with van der Waals surface area (Å²) in [5, 5.41) is 3.95. The normalized spacial score (nSPS) is 11.2. The van der Waals surface area contributed by atoms with Crippen LogP contribution in [-0.4, -0.2) is 41.3 Å². The molecule has 0 aliphatic carbocycles. The minimum atomic E-state index is -4.11. The van der Waals surface area contributed by atoms with Gasteiger partial charge in [0, 0.05) is 10.0 Å². The zero-order valence-corrected chi connectivity index (χ0v) is 20.3. The Hall–Kier alpha value is -3.37. The number of hydrogen-bond acceptors (Lipinski definition) is 6. The Balaban J connectivity index is 1.90. The van der Waals surface area contributed by atoms with Gasteiger partial charge in [0.15, 0.2) is 0 Å². The van der Waals surface area contributed by atoms with E-state index in [0.29, 0.717) is 11.5 Å². The van der Waals surface area contributed by atoms with Crippen LogP contribution in [0.5, 0.6) is 11.5 Å². The van der Waals surface area contributed by atoms with E-state index in [1.54, 1.807) is 24.3 Å². The number of benzene rings is 3. The van der Waals surface area contributed by atoms with E-state index in [1.807, 2.05) is 24.3 Å². The average molecular weight is 532 g/mol. The molecule has 0 unspecified atom stereocenters. The van der Waals surface area contributed by atoms with Crippen LogP contribution in [0.4, 0.5) is 5.69 Å². The molecule has 0 heterocycles. The predicted molar refractivity (Wildman–Crippen MR) is 130 cm³/mol. The summed E-state index contributed by atoms with van der Waals surface area (Å²) in [6.07, 6.45) is 1.47. The smallest absolute Gasteiger partial charge is 0.264 e. The molecule has 0 fully saturated rings. The Bertz CT molecular complexity index is 1250. The third kappa shape index (κ3) is 5.91. The first-order valence-electron chi connectivity index (χ1n) is 9.73. The second kappa shape index (κ2) is 11.0. The van der Waals surface area contributed by atoms with Crippen LogP contribution in [-0.2, 0) is 14.8 Å². The molecule has 0 aliphatic rings. The molecule has 0 aromatic heterocycles. The number of sulfonamides is 1. The van der Waals surface area contributed by atoms with Crippen LogP contribution in [0.1, 0.15) is 5.56 Å². The maximum absolute atomic E-state index is 13.5. The molecule has 3 aromatic carbocycles. The predicted octanol–water partition coefficient (Wildman–Crippen LogP) is 3.81. The van der Waals surface area contributed by atoms with Crippen molar-refractivity contribution in [3.05, 3.63) is 82.8 Å². The first-order chi connectivity index (χ1) is 15.9.